The number of likely N-dealkylation sites (tertiary alicyclic amines) is 1. The van der Waals surface area contributed by atoms with Crippen LogP contribution in [0.15, 0.2) is 55.0 Å². The van der Waals surface area contributed by atoms with E-state index in [-0.39, 0.29) is 10.9 Å². The number of anilines is 3. The van der Waals surface area contributed by atoms with Crippen molar-refractivity contribution in [3.63, 3.8) is 0 Å². The van der Waals surface area contributed by atoms with Gasteiger partial charge in [0.15, 0.2) is 0 Å². The van der Waals surface area contributed by atoms with E-state index in [9.17, 15) is 9.18 Å². The molecule has 6 nitrogen and oxygen atoms in total. The number of halogens is 2. The van der Waals surface area contributed by atoms with Gasteiger partial charge in [-0.1, -0.05) is 17.7 Å². The van der Waals surface area contributed by atoms with E-state index in [0.29, 0.717) is 17.2 Å². The molecule has 1 fully saturated rings. The SMILES string of the molecule is O=C(/C=C/CN1CCCC1)Nc1ccc2ncnc3c2c1C=CN3c1ccc(F)c(Cl)c1. The lowest BCUT2D eigenvalue weighted by Crippen LogP contribution is -2.19. The molecule has 0 saturated carbocycles. The second kappa shape index (κ2) is 8.68. The van der Waals surface area contributed by atoms with Gasteiger partial charge in [0, 0.05) is 35.8 Å². The molecule has 162 valence electrons. The van der Waals surface area contributed by atoms with Crippen molar-refractivity contribution in [2.24, 2.45) is 0 Å². The summed E-state index contributed by atoms with van der Waals surface area (Å²) >= 11 is 5.99. The van der Waals surface area contributed by atoms with E-state index in [1.165, 1.54) is 25.2 Å². The van der Waals surface area contributed by atoms with Crippen molar-refractivity contribution in [3.05, 3.63) is 71.4 Å². The molecule has 3 heterocycles. The first-order valence-electron chi connectivity index (χ1n) is 10.5. The van der Waals surface area contributed by atoms with Crippen molar-refractivity contribution in [2.75, 3.05) is 29.9 Å². The maximum absolute atomic E-state index is 13.6. The van der Waals surface area contributed by atoms with E-state index in [4.69, 9.17) is 11.6 Å². The van der Waals surface area contributed by atoms with Crippen molar-refractivity contribution in [3.8, 4) is 0 Å². The van der Waals surface area contributed by atoms with Crippen molar-refractivity contribution in [2.45, 2.75) is 12.8 Å². The molecule has 1 amide bonds. The van der Waals surface area contributed by atoms with Crippen molar-refractivity contribution in [1.29, 1.82) is 0 Å². The highest BCUT2D eigenvalue weighted by Gasteiger charge is 2.21. The molecule has 8 heteroatoms. The molecular formula is C24H21ClFN5O. The summed E-state index contributed by atoms with van der Waals surface area (Å²) in [6.07, 6.45) is 11.1. The Morgan fingerprint density at radius 3 is 2.84 bits per heavy atom. The van der Waals surface area contributed by atoms with Gasteiger partial charge >= 0.3 is 0 Å². The molecule has 0 radical (unpaired) electrons. The highest BCUT2D eigenvalue weighted by atomic mass is 35.5. The molecule has 2 aromatic carbocycles. The van der Waals surface area contributed by atoms with Crippen molar-refractivity contribution in [1.82, 2.24) is 14.9 Å². The number of aromatic nitrogens is 2. The van der Waals surface area contributed by atoms with Crippen LogP contribution in [-0.4, -0.2) is 40.4 Å². The molecule has 3 aromatic rings. The number of carbonyl (C=O) groups excluding carboxylic acids is 1. The lowest BCUT2D eigenvalue weighted by atomic mass is 10.0. The lowest BCUT2D eigenvalue weighted by molar-refractivity contribution is -0.111. The van der Waals surface area contributed by atoms with Gasteiger partial charge in [0.1, 0.15) is 18.0 Å². The minimum atomic E-state index is -0.479. The van der Waals surface area contributed by atoms with E-state index in [0.717, 1.165) is 36.1 Å². The molecule has 0 atom stereocenters. The van der Waals surface area contributed by atoms with E-state index in [2.05, 4.69) is 20.2 Å². The fourth-order valence-electron chi connectivity index (χ4n) is 4.14. The summed E-state index contributed by atoms with van der Waals surface area (Å²) in [5, 5.41) is 3.81. The lowest BCUT2D eigenvalue weighted by Gasteiger charge is -2.26. The number of amides is 1. The Hall–Kier alpha value is -3.29. The van der Waals surface area contributed by atoms with Gasteiger partial charge in [0.05, 0.1) is 15.9 Å². The quantitative estimate of drug-likeness (QED) is 0.547. The Morgan fingerprint density at radius 1 is 1.19 bits per heavy atom. The molecule has 1 saturated heterocycles. The van der Waals surface area contributed by atoms with Gasteiger partial charge in [-0.3, -0.25) is 9.69 Å². The van der Waals surface area contributed by atoms with Crippen LogP contribution in [-0.2, 0) is 4.79 Å². The number of nitrogens with one attached hydrogen (secondary N) is 1. The van der Waals surface area contributed by atoms with Crippen LogP contribution >= 0.6 is 11.6 Å². The molecule has 1 N–H and O–H groups in total. The summed E-state index contributed by atoms with van der Waals surface area (Å²) in [5.41, 5.74) is 2.92. The maximum atomic E-state index is 13.6. The van der Waals surface area contributed by atoms with Crippen LogP contribution in [0.2, 0.25) is 5.02 Å². The van der Waals surface area contributed by atoms with Crippen LogP contribution in [0, 0.1) is 5.82 Å². The molecule has 1 aromatic heterocycles. The summed E-state index contributed by atoms with van der Waals surface area (Å²) in [7, 11) is 0. The van der Waals surface area contributed by atoms with Crippen LogP contribution in [0.3, 0.4) is 0 Å². The second-order valence-corrected chi connectivity index (χ2v) is 8.21. The van der Waals surface area contributed by atoms with E-state index < -0.39 is 5.82 Å². The molecule has 2 aliphatic heterocycles. The zero-order valence-electron chi connectivity index (χ0n) is 17.3. The number of hydrogen-bond donors (Lipinski definition) is 1. The molecule has 5 rings (SSSR count). The maximum Gasteiger partial charge on any atom is 0.248 e. The number of hydrogen-bond acceptors (Lipinski definition) is 5. The number of rotatable bonds is 5. The summed E-state index contributed by atoms with van der Waals surface area (Å²) in [6, 6.07) is 8.21. The molecule has 0 spiro atoms. The molecule has 32 heavy (non-hydrogen) atoms. The van der Waals surface area contributed by atoms with Crippen LogP contribution in [0.4, 0.5) is 21.6 Å². The minimum Gasteiger partial charge on any atom is -0.322 e. The molecule has 0 unspecified atom stereocenters. The third-order valence-corrected chi connectivity index (χ3v) is 6.00. The van der Waals surface area contributed by atoms with Crippen molar-refractivity contribution < 1.29 is 9.18 Å². The van der Waals surface area contributed by atoms with Gasteiger partial charge in [-0.25, -0.2) is 14.4 Å². The third-order valence-electron chi connectivity index (χ3n) is 5.71. The Morgan fingerprint density at radius 2 is 2.03 bits per heavy atom. The highest BCUT2D eigenvalue weighted by Crippen LogP contribution is 2.40. The summed E-state index contributed by atoms with van der Waals surface area (Å²) in [4.78, 5) is 25.5. The van der Waals surface area contributed by atoms with Crippen LogP contribution in [0.1, 0.15) is 18.4 Å². The Kier molecular flexibility index (Phi) is 5.59. The average Bonchev–Trinajstić information content (AvgIpc) is 3.31. The topological polar surface area (TPSA) is 61.4 Å². The minimum absolute atomic E-state index is 0.0359. The predicted molar refractivity (Wildman–Crippen MR) is 126 cm³/mol. The Labute approximate surface area is 190 Å². The molecule has 0 bridgehead atoms. The first-order valence-corrected chi connectivity index (χ1v) is 10.9. The normalized spacial score (nSPS) is 15.8. The smallest absolute Gasteiger partial charge is 0.248 e. The molecular weight excluding hydrogens is 429 g/mol. The highest BCUT2D eigenvalue weighted by molar-refractivity contribution is 6.31. The van der Waals surface area contributed by atoms with Gasteiger partial charge in [0.25, 0.3) is 0 Å². The molecule has 2 aliphatic rings. The fourth-order valence-corrected chi connectivity index (χ4v) is 4.31. The summed E-state index contributed by atoms with van der Waals surface area (Å²) in [5.74, 6) is -0.0254. The summed E-state index contributed by atoms with van der Waals surface area (Å²) in [6.45, 7) is 2.96. The van der Waals surface area contributed by atoms with Crippen molar-refractivity contribution >= 4 is 51.7 Å². The largest absolute Gasteiger partial charge is 0.322 e. The van der Waals surface area contributed by atoms with Gasteiger partial charge < -0.3 is 10.2 Å². The van der Waals surface area contributed by atoms with E-state index in [1.54, 1.807) is 18.2 Å². The second-order valence-electron chi connectivity index (χ2n) is 7.80. The van der Waals surface area contributed by atoms with Crippen LogP contribution in [0.25, 0.3) is 17.0 Å². The Bertz CT molecular complexity index is 1250. The van der Waals surface area contributed by atoms with E-state index in [1.807, 2.05) is 35.4 Å². The summed E-state index contributed by atoms with van der Waals surface area (Å²) < 4.78 is 13.6. The van der Waals surface area contributed by atoms with Crippen LogP contribution < -0.4 is 10.2 Å². The zero-order chi connectivity index (χ0) is 22.1. The number of nitrogens with zero attached hydrogens (tertiary/aromatic N) is 4. The fraction of sp³-hybridized carbons (Fsp3) is 0.208. The van der Waals surface area contributed by atoms with E-state index >= 15 is 0 Å². The number of benzene rings is 2. The Balaban J connectivity index is 1.44. The average molecular weight is 450 g/mol. The first-order chi connectivity index (χ1) is 15.6. The van der Waals surface area contributed by atoms with Gasteiger partial charge in [-0.15, -0.1) is 0 Å². The predicted octanol–water partition coefficient (Wildman–Crippen LogP) is 5.14. The number of carbonyl (C=O) groups is 1. The standard InChI is InChI=1S/C24H21ClFN5O/c25-18-14-16(5-6-19(18)26)31-13-9-17-20(7-8-21-23(17)24(31)28-15-27-21)29-22(32)4-3-12-30-10-1-2-11-30/h3-9,13-15H,1-2,10-12H2,(H,29,32)/b4-3+. The zero-order valence-corrected chi connectivity index (χ0v) is 18.0. The first kappa shape index (κ1) is 20.6. The van der Waals surface area contributed by atoms with Crippen LogP contribution in [0.5, 0.6) is 0 Å². The third kappa shape index (κ3) is 3.97. The molecule has 0 aliphatic carbocycles. The monoisotopic (exact) mass is 449 g/mol. The van der Waals surface area contributed by atoms with Gasteiger partial charge in [0.2, 0.25) is 5.91 Å². The van der Waals surface area contributed by atoms with Gasteiger partial charge in [-0.2, -0.15) is 0 Å². The van der Waals surface area contributed by atoms with Gasteiger partial charge in [-0.05, 0) is 62.3 Å².